The van der Waals surface area contributed by atoms with Gasteiger partial charge in [0.1, 0.15) is 11.6 Å². The normalized spacial score (nSPS) is 11.5. The Morgan fingerprint density at radius 3 is 2.40 bits per heavy atom. The first-order chi connectivity index (χ1) is 22.6. The van der Waals surface area contributed by atoms with Gasteiger partial charge in [-0.3, -0.25) is 9.36 Å². The highest BCUT2D eigenvalue weighted by Crippen LogP contribution is 2.40. The number of ether oxygens (including phenoxy) is 2. The summed E-state index contributed by atoms with van der Waals surface area (Å²) in [4.78, 5) is 26.3. The van der Waals surface area contributed by atoms with E-state index in [1.54, 1.807) is 43.0 Å². The zero-order chi connectivity index (χ0) is 33.4. The lowest BCUT2D eigenvalue weighted by atomic mass is 10.1. The Morgan fingerprint density at radius 1 is 0.936 bits per heavy atom. The largest absolute Gasteiger partial charge is 0.462 e. The summed E-state index contributed by atoms with van der Waals surface area (Å²) in [6, 6.07) is 17.1. The van der Waals surface area contributed by atoms with Gasteiger partial charge in [0.15, 0.2) is 5.16 Å². The van der Waals surface area contributed by atoms with Gasteiger partial charge in [-0.15, -0.1) is 22.0 Å². The van der Waals surface area contributed by atoms with Crippen LogP contribution in [0.5, 0.6) is 5.75 Å². The van der Waals surface area contributed by atoms with E-state index in [2.05, 4.69) is 49.0 Å². The van der Waals surface area contributed by atoms with E-state index in [0.29, 0.717) is 65.1 Å². The Morgan fingerprint density at radius 2 is 1.68 bits per heavy atom. The summed E-state index contributed by atoms with van der Waals surface area (Å²) in [5.74, 6) is 0.850. The SMILES string of the molecule is CCOC(=O)c1c(CSc2nnc(CSc3cn(C)c4ccccc34)n2-c2c(Cl)cccc2Cl)n(C)c2cc(Br)c(OC(C)=O)cc12. The Labute approximate surface area is 297 Å². The van der Waals surface area contributed by atoms with E-state index in [1.165, 1.54) is 18.7 Å². The number of thioether (sulfide) groups is 2. The van der Waals surface area contributed by atoms with E-state index < -0.39 is 11.9 Å². The van der Waals surface area contributed by atoms with E-state index in [-0.39, 0.29) is 6.61 Å². The first-order valence-corrected chi connectivity index (χ1v) is 18.0. The van der Waals surface area contributed by atoms with E-state index in [1.807, 2.05) is 41.4 Å². The molecule has 0 saturated heterocycles. The third-order valence-electron chi connectivity index (χ3n) is 7.52. The van der Waals surface area contributed by atoms with Crippen molar-refractivity contribution in [2.75, 3.05) is 6.61 Å². The van der Waals surface area contributed by atoms with Crippen molar-refractivity contribution in [1.29, 1.82) is 0 Å². The van der Waals surface area contributed by atoms with Crippen molar-refractivity contribution in [1.82, 2.24) is 23.9 Å². The molecule has 3 heterocycles. The highest BCUT2D eigenvalue weighted by atomic mass is 79.9. The molecule has 6 rings (SSSR count). The summed E-state index contributed by atoms with van der Waals surface area (Å²) in [6.07, 6.45) is 2.11. The summed E-state index contributed by atoms with van der Waals surface area (Å²) < 4.78 is 17.4. The van der Waals surface area contributed by atoms with E-state index in [4.69, 9.17) is 32.7 Å². The average molecular weight is 774 g/mol. The summed E-state index contributed by atoms with van der Waals surface area (Å²) in [6.45, 7) is 3.28. The van der Waals surface area contributed by atoms with Gasteiger partial charge in [0.25, 0.3) is 0 Å². The number of hydrogen-bond donors (Lipinski definition) is 0. The minimum absolute atomic E-state index is 0.201. The van der Waals surface area contributed by atoms with E-state index in [9.17, 15) is 9.59 Å². The molecule has 0 bridgehead atoms. The van der Waals surface area contributed by atoms with Crippen LogP contribution in [0.15, 0.2) is 75.3 Å². The van der Waals surface area contributed by atoms with Crippen LogP contribution in [-0.4, -0.2) is 42.4 Å². The zero-order valence-corrected chi connectivity index (χ0v) is 30.4. The number of aryl methyl sites for hydroxylation is 2. The van der Waals surface area contributed by atoms with Crippen LogP contribution in [0.25, 0.3) is 27.5 Å². The summed E-state index contributed by atoms with van der Waals surface area (Å²) in [5.41, 5.74) is 3.55. The van der Waals surface area contributed by atoms with Crippen LogP contribution >= 0.6 is 62.7 Å². The number of fused-ring (bicyclic) bond motifs is 2. The summed E-state index contributed by atoms with van der Waals surface area (Å²) in [5, 5.41) is 12.4. The second-order valence-electron chi connectivity index (χ2n) is 10.5. The Bertz CT molecular complexity index is 2160. The highest BCUT2D eigenvalue weighted by molar-refractivity contribution is 9.10. The predicted molar refractivity (Wildman–Crippen MR) is 191 cm³/mol. The minimum Gasteiger partial charge on any atom is -0.462 e. The van der Waals surface area contributed by atoms with Crippen molar-refractivity contribution < 1.29 is 19.1 Å². The number of aromatic nitrogens is 5. The number of nitrogens with zero attached hydrogens (tertiary/aromatic N) is 5. The van der Waals surface area contributed by atoms with Crippen molar-refractivity contribution in [3.63, 3.8) is 0 Å². The Kier molecular flexibility index (Phi) is 9.95. The number of hydrogen-bond acceptors (Lipinski definition) is 8. The molecule has 9 nitrogen and oxygen atoms in total. The van der Waals surface area contributed by atoms with Gasteiger partial charge in [-0.05, 0) is 53.2 Å². The topological polar surface area (TPSA) is 93.2 Å². The third kappa shape index (κ3) is 6.54. The van der Waals surface area contributed by atoms with Crippen LogP contribution in [0.2, 0.25) is 10.0 Å². The molecule has 14 heteroatoms. The maximum Gasteiger partial charge on any atom is 0.340 e. The van der Waals surface area contributed by atoms with Crippen LogP contribution < -0.4 is 4.74 Å². The number of carbonyl (C=O) groups excluding carboxylic acids is 2. The Hall–Kier alpha value is -3.42. The second-order valence-corrected chi connectivity index (χ2v) is 14.1. The van der Waals surface area contributed by atoms with Crippen LogP contribution in [0.4, 0.5) is 0 Å². The molecular formula is C33H28BrCl2N5O4S2. The molecule has 242 valence electrons. The molecular weight excluding hydrogens is 745 g/mol. The molecule has 0 atom stereocenters. The molecule has 6 aromatic rings. The van der Waals surface area contributed by atoms with Gasteiger partial charge in [0, 0.05) is 59.8 Å². The summed E-state index contributed by atoms with van der Waals surface area (Å²) >= 11 is 20.0. The predicted octanol–water partition coefficient (Wildman–Crippen LogP) is 9.01. The molecule has 0 amide bonds. The highest BCUT2D eigenvalue weighted by Gasteiger charge is 2.26. The van der Waals surface area contributed by atoms with Crippen LogP contribution in [0.1, 0.15) is 35.7 Å². The fourth-order valence-corrected chi connectivity index (χ4v) is 8.47. The van der Waals surface area contributed by atoms with Crippen molar-refractivity contribution >= 4 is 96.4 Å². The van der Waals surface area contributed by atoms with E-state index >= 15 is 0 Å². The molecule has 47 heavy (non-hydrogen) atoms. The molecule has 0 radical (unpaired) electrons. The first kappa shape index (κ1) is 33.5. The van der Waals surface area contributed by atoms with Gasteiger partial charge < -0.3 is 18.6 Å². The van der Waals surface area contributed by atoms with Crippen LogP contribution in [0.3, 0.4) is 0 Å². The molecule has 0 N–H and O–H groups in total. The molecule has 0 saturated carbocycles. The van der Waals surface area contributed by atoms with Crippen molar-refractivity contribution in [3.8, 4) is 11.4 Å². The molecule has 3 aromatic heterocycles. The van der Waals surface area contributed by atoms with Crippen LogP contribution in [-0.2, 0) is 35.1 Å². The smallest absolute Gasteiger partial charge is 0.340 e. The number of carbonyl (C=O) groups is 2. The monoisotopic (exact) mass is 771 g/mol. The minimum atomic E-state index is -0.479. The van der Waals surface area contributed by atoms with Gasteiger partial charge in [0.2, 0.25) is 0 Å². The molecule has 3 aromatic carbocycles. The van der Waals surface area contributed by atoms with Crippen LogP contribution in [0, 0.1) is 0 Å². The van der Waals surface area contributed by atoms with Gasteiger partial charge in [-0.1, -0.05) is 59.2 Å². The fourth-order valence-electron chi connectivity index (χ4n) is 5.43. The van der Waals surface area contributed by atoms with Crippen molar-refractivity contribution in [2.45, 2.75) is 35.4 Å². The lowest BCUT2D eigenvalue weighted by Crippen LogP contribution is -2.09. The van der Waals surface area contributed by atoms with Crippen molar-refractivity contribution in [3.05, 3.63) is 92.4 Å². The van der Waals surface area contributed by atoms with Gasteiger partial charge in [0.05, 0.1) is 43.6 Å². The second kappa shape index (κ2) is 14.0. The van der Waals surface area contributed by atoms with Gasteiger partial charge in [-0.25, -0.2) is 4.79 Å². The zero-order valence-electron chi connectivity index (χ0n) is 25.7. The maximum absolute atomic E-state index is 13.4. The number of rotatable bonds is 10. The quantitative estimate of drug-likeness (QED) is 0.0774. The molecule has 0 unspecified atom stereocenters. The number of halogens is 3. The lowest BCUT2D eigenvalue weighted by molar-refractivity contribution is -0.131. The molecule has 0 aliphatic carbocycles. The van der Waals surface area contributed by atoms with Crippen molar-refractivity contribution in [2.24, 2.45) is 14.1 Å². The average Bonchev–Trinajstić information content (AvgIpc) is 3.66. The third-order valence-corrected chi connectivity index (χ3v) is 10.7. The number of para-hydroxylation sites is 2. The van der Waals surface area contributed by atoms with E-state index in [0.717, 1.165) is 21.3 Å². The molecule has 0 aliphatic rings. The van der Waals surface area contributed by atoms with Gasteiger partial charge >= 0.3 is 11.9 Å². The molecule has 0 aliphatic heterocycles. The standard InChI is InChI=1S/C33H28BrCl2N5O4S2/c1-5-44-32(43)30-20-13-27(45-18(2)42)21(34)14-25(20)40(4)26(30)16-47-33-38-37-29(41(33)31-22(35)10-8-11-23(31)36)17-46-28-15-39(3)24-12-7-6-9-19(24)28/h6-15H,5,16-17H2,1-4H3. The number of esters is 2. The maximum atomic E-state index is 13.4. The number of benzene rings is 3. The lowest BCUT2D eigenvalue weighted by Gasteiger charge is -2.14. The first-order valence-electron chi connectivity index (χ1n) is 14.4. The fraction of sp³-hybridized carbons (Fsp3) is 0.212. The Balaban J connectivity index is 1.40. The molecule has 0 spiro atoms. The van der Waals surface area contributed by atoms with Gasteiger partial charge in [-0.2, -0.15) is 0 Å². The summed E-state index contributed by atoms with van der Waals surface area (Å²) in [7, 11) is 3.90. The molecule has 0 fully saturated rings.